The number of amides is 1. The SMILES string of the molecule is CC(N)CCCC(=O)NCc1ccccc1F. The molecule has 4 heteroatoms. The maximum Gasteiger partial charge on any atom is 0.220 e. The van der Waals surface area contributed by atoms with Crippen LogP contribution in [0.5, 0.6) is 0 Å². The van der Waals surface area contributed by atoms with Crippen LogP contribution >= 0.6 is 0 Å². The van der Waals surface area contributed by atoms with Crippen LogP contribution in [-0.2, 0) is 11.3 Å². The van der Waals surface area contributed by atoms with Crippen molar-refractivity contribution in [1.29, 1.82) is 0 Å². The van der Waals surface area contributed by atoms with Crippen LogP contribution in [0.1, 0.15) is 31.7 Å². The van der Waals surface area contributed by atoms with Gasteiger partial charge in [0, 0.05) is 24.6 Å². The van der Waals surface area contributed by atoms with Crippen molar-refractivity contribution in [2.75, 3.05) is 0 Å². The number of nitrogens with two attached hydrogens (primary N) is 1. The van der Waals surface area contributed by atoms with Crippen LogP contribution < -0.4 is 11.1 Å². The van der Waals surface area contributed by atoms with Gasteiger partial charge < -0.3 is 11.1 Å². The summed E-state index contributed by atoms with van der Waals surface area (Å²) in [5.41, 5.74) is 6.09. The molecule has 1 rings (SSSR count). The van der Waals surface area contributed by atoms with E-state index in [4.69, 9.17) is 5.73 Å². The van der Waals surface area contributed by atoms with E-state index < -0.39 is 0 Å². The van der Waals surface area contributed by atoms with Gasteiger partial charge in [0.1, 0.15) is 5.82 Å². The Morgan fingerprint density at radius 3 is 2.82 bits per heavy atom. The van der Waals surface area contributed by atoms with E-state index in [-0.39, 0.29) is 24.3 Å². The minimum Gasteiger partial charge on any atom is -0.352 e. The first-order chi connectivity index (χ1) is 8.09. The zero-order valence-electron chi connectivity index (χ0n) is 10.1. The lowest BCUT2D eigenvalue weighted by molar-refractivity contribution is -0.121. The largest absolute Gasteiger partial charge is 0.352 e. The average molecular weight is 238 g/mol. The molecule has 0 aromatic heterocycles. The first kappa shape index (κ1) is 13.6. The Balaban J connectivity index is 2.26. The normalized spacial score (nSPS) is 12.2. The Labute approximate surface area is 101 Å². The van der Waals surface area contributed by atoms with Gasteiger partial charge in [-0.3, -0.25) is 4.79 Å². The average Bonchev–Trinajstić information content (AvgIpc) is 2.27. The van der Waals surface area contributed by atoms with Crippen molar-refractivity contribution in [2.45, 2.75) is 38.8 Å². The molecule has 3 N–H and O–H groups in total. The zero-order chi connectivity index (χ0) is 12.7. The molecule has 1 unspecified atom stereocenters. The predicted octanol–water partition coefficient (Wildman–Crippen LogP) is 1.96. The zero-order valence-corrected chi connectivity index (χ0v) is 10.1. The molecule has 1 aromatic rings. The number of hydrogen-bond acceptors (Lipinski definition) is 2. The van der Waals surface area contributed by atoms with Gasteiger partial charge in [0.2, 0.25) is 5.91 Å². The summed E-state index contributed by atoms with van der Waals surface area (Å²) >= 11 is 0. The number of carbonyl (C=O) groups excluding carboxylic acids is 1. The number of nitrogens with one attached hydrogen (secondary N) is 1. The molecule has 0 fully saturated rings. The van der Waals surface area contributed by atoms with Gasteiger partial charge in [0.05, 0.1) is 0 Å². The second-order valence-electron chi connectivity index (χ2n) is 4.24. The molecule has 3 nitrogen and oxygen atoms in total. The van der Waals surface area contributed by atoms with Crippen molar-refractivity contribution in [1.82, 2.24) is 5.32 Å². The molecule has 0 aliphatic carbocycles. The summed E-state index contributed by atoms with van der Waals surface area (Å²) in [5, 5.41) is 2.69. The molecule has 0 spiro atoms. The van der Waals surface area contributed by atoms with Crippen molar-refractivity contribution in [3.8, 4) is 0 Å². The lowest BCUT2D eigenvalue weighted by atomic mass is 10.1. The van der Waals surface area contributed by atoms with Gasteiger partial charge in [-0.2, -0.15) is 0 Å². The molecule has 17 heavy (non-hydrogen) atoms. The standard InChI is InChI=1S/C13H19FN2O/c1-10(15)5-4-8-13(17)16-9-11-6-2-3-7-12(11)14/h2-3,6-7,10H,4-5,8-9,15H2,1H3,(H,16,17). The van der Waals surface area contributed by atoms with E-state index in [2.05, 4.69) is 5.32 Å². The van der Waals surface area contributed by atoms with Crippen molar-refractivity contribution in [2.24, 2.45) is 5.73 Å². The van der Waals surface area contributed by atoms with Crippen molar-refractivity contribution >= 4 is 5.91 Å². The van der Waals surface area contributed by atoms with E-state index in [1.165, 1.54) is 6.07 Å². The summed E-state index contributed by atoms with van der Waals surface area (Å²) in [6.07, 6.45) is 2.03. The lowest BCUT2D eigenvalue weighted by Gasteiger charge is -2.07. The third-order valence-electron chi connectivity index (χ3n) is 2.50. The summed E-state index contributed by atoms with van der Waals surface area (Å²) in [6.45, 7) is 2.15. The summed E-state index contributed by atoms with van der Waals surface area (Å²) in [7, 11) is 0. The van der Waals surface area contributed by atoms with E-state index in [0.717, 1.165) is 12.8 Å². The van der Waals surface area contributed by atoms with Crippen LogP contribution in [0.2, 0.25) is 0 Å². The molecule has 0 aliphatic rings. The topological polar surface area (TPSA) is 55.1 Å². The molecule has 1 aromatic carbocycles. The Morgan fingerprint density at radius 2 is 2.18 bits per heavy atom. The van der Waals surface area contributed by atoms with Crippen molar-refractivity contribution in [3.63, 3.8) is 0 Å². The molecule has 0 bridgehead atoms. The van der Waals surface area contributed by atoms with Gasteiger partial charge in [-0.05, 0) is 25.8 Å². The van der Waals surface area contributed by atoms with Crippen LogP contribution in [0, 0.1) is 5.82 Å². The number of benzene rings is 1. The quantitative estimate of drug-likeness (QED) is 0.796. The van der Waals surface area contributed by atoms with Crippen LogP contribution in [0.15, 0.2) is 24.3 Å². The summed E-state index contributed by atoms with van der Waals surface area (Å²) < 4.78 is 13.2. The van der Waals surface area contributed by atoms with Crippen LogP contribution in [-0.4, -0.2) is 11.9 Å². The lowest BCUT2D eigenvalue weighted by Crippen LogP contribution is -2.23. The Morgan fingerprint density at radius 1 is 1.47 bits per heavy atom. The van der Waals surface area contributed by atoms with E-state index in [1.54, 1.807) is 18.2 Å². The summed E-state index contributed by atoms with van der Waals surface area (Å²) in [5.74, 6) is -0.350. The molecule has 1 amide bonds. The van der Waals surface area contributed by atoms with Gasteiger partial charge in [0.25, 0.3) is 0 Å². The highest BCUT2D eigenvalue weighted by Crippen LogP contribution is 2.06. The van der Waals surface area contributed by atoms with E-state index in [0.29, 0.717) is 12.0 Å². The smallest absolute Gasteiger partial charge is 0.220 e. The highest BCUT2D eigenvalue weighted by Gasteiger charge is 2.04. The van der Waals surface area contributed by atoms with Gasteiger partial charge in [-0.1, -0.05) is 18.2 Å². The Kier molecular flexibility index (Phi) is 5.63. The monoisotopic (exact) mass is 238 g/mol. The van der Waals surface area contributed by atoms with Gasteiger partial charge in [-0.25, -0.2) is 4.39 Å². The van der Waals surface area contributed by atoms with Gasteiger partial charge in [-0.15, -0.1) is 0 Å². The van der Waals surface area contributed by atoms with Crippen molar-refractivity contribution in [3.05, 3.63) is 35.6 Å². The maximum atomic E-state index is 13.2. The minimum absolute atomic E-state index is 0.0612. The third kappa shape index (κ3) is 5.45. The fourth-order valence-corrected chi connectivity index (χ4v) is 1.51. The Hall–Kier alpha value is -1.42. The molecule has 0 radical (unpaired) electrons. The van der Waals surface area contributed by atoms with E-state index >= 15 is 0 Å². The van der Waals surface area contributed by atoms with Crippen LogP contribution in [0.4, 0.5) is 4.39 Å². The maximum absolute atomic E-state index is 13.2. The third-order valence-corrected chi connectivity index (χ3v) is 2.50. The van der Waals surface area contributed by atoms with E-state index in [1.807, 2.05) is 6.92 Å². The van der Waals surface area contributed by atoms with Crippen LogP contribution in [0.25, 0.3) is 0 Å². The van der Waals surface area contributed by atoms with E-state index in [9.17, 15) is 9.18 Å². The molecule has 0 saturated carbocycles. The fraction of sp³-hybridized carbons (Fsp3) is 0.462. The molecular formula is C13H19FN2O. The number of carbonyl (C=O) groups is 1. The minimum atomic E-state index is -0.289. The van der Waals surface area contributed by atoms with Crippen molar-refractivity contribution < 1.29 is 9.18 Å². The highest BCUT2D eigenvalue weighted by molar-refractivity contribution is 5.75. The summed E-state index contributed by atoms with van der Waals surface area (Å²) in [4.78, 5) is 11.4. The second kappa shape index (κ2) is 7.01. The second-order valence-corrected chi connectivity index (χ2v) is 4.24. The first-order valence-corrected chi connectivity index (χ1v) is 5.85. The molecule has 0 heterocycles. The number of rotatable bonds is 6. The summed E-state index contributed by atoms with van der Waals surface area (Å²) in [6, 6.07) is 6.55. The molecule has 94 valence electrons. The van der Waals surface area contributed by atoms with Gasteiger partial charge >= 0.3 is 0 Å². The number of halogens is 1. The molecule has 1 atom stereocenters. The highest BCUT2D eigenvalue weighted by atomic mass is 19.1. The Bertz CT molecular complexity index is 366. The molecule has 0 aliphatic heterocycles. The molecule has 0 saturated heterocycles. The van der Waals surface area contributed by atoms with Crippen LogP contribution in [0.3, 0.4) is 0 Å². The predicted molar refractivity (Wildman–Crippen MR) is 65.7 cm³/mol. The fourth-order valence-electron chi connectivity index (χ4n) is 1.51. The first-order valence-electron chi connectivity index (χ1n) is 5.85. The van der Waals surface area contributed by atoms with Gasteiger partial charge in [0.15, 0.2) is 0 Å². The number of hydrogen-bond donors (Lipinski definition) is 2. The molecular weight excluding hydrogens is 219 g/mol.